The van der Waals surface area contributed by atoms with Crippen molar-refractivity contribution >= 4 is 32.9 Å². The number of nitrogens with one attached hydrogen (secondary N) is 2. The van der Waals surface area contributed by atoms with E-state index in [1.165, 1.54) is 5.57 Å². The van der Waals surface area contributed by atoms with E-state index < -0.39 is 15.1 Å². The van der Waals surface area contributed by atoms with Crippen LogP contribution in [0, 0.1) is 6.92 Å². The molecular weight excluding hydrogens is 510 g/mol. The van der Waals surface area contributed by atoms with Crippen LogP contribution in [-0.2, 0) is 9.84 Å². The zero-order chi connectivity index (χ0) is 28.5. The molecule has 2 aromatic carbocycles. The Hall–Kier alpha value is -3.43. The molecule has 0 radical (unpaired) electrons. The fourth-order valence-electron chi connectivity index (χ4n) is 4.94. The largest absolute Gasteiger partial charge is 0.490 e. The minimum atomic E-state index is -3.55. The molecule has 208 valence electrons. The number of aryl methyl sites for hydroxylation is 1. The maximum Gasteiger partial charge on any atom is 0.221 e. The van der Waals surface area contributed by atoms with Crippen LogP contribution in [0.4, 0.5) is 17.5 Å². The summed E-state index contributed by atoms with van der Waals surface area (Å²) in [6.07, 6.45) is 4.78. The summed E-state index contributed by atoms with van der Waals surface area (Å²) >= 11 is 0. The van der Waals surface area contributed by atoms with Crippen molar-refractivity contribution in [1.29, 1.82) is 0 Å². The predicted molar refractivity (Wildman–Crippen MR) is 159 cm³/mol. The first-order valence-corrected chi connectivity index (χ1v) is 14.9. The number of aromatic nitrogens is 2. The van der Waals surface area contributed by atoms with E-state index in [1.54, 1.807) is 44.3 Å². The first kappa shape index (κ1) is 28.6. The highest BCUT2D eigenvalue weighted by Gasteiger charge is 2.25. The van der Waals surface area contributed by atoms with Crippen LogP contribution in [0.3, 0.4) is 0 Å². The summed E-state index contributed by atoms with van der Waals surface area (Å²) in [5.41, 5.74) is 11.4. The highest BCUT2D eigenvalue weighted by atomic mass is 32.2. The van der Waals surface area contributed by atoms with E-state index in [4.69, 9.17) is 10.5 Å². The molecule has 4 N–H and O–H groups in total. The van der Waals surface area contributed by atoms with E-state index in [1.807, 2.05) is 13.8 Å². The lowest BCUT2D eigenvalue weighted by Gasteiger charge is -2.27. The molecule has 2 atom stereocenters. The summed E-state index contributed by atoms with van der Waals surface area (Å²) in [4.78, 5) is 8.96. The summed E-state index contributed by atoms with van der Waals surface area (Å²) in [5, 5.41) is 6.22. The van der Waals surface area contributed by atoms with Gasteiger partial charge in [-0.05, 0) is 95.9 Å². The first-order chi connectivity index (χ1) is 18.4. The lowest BCUT2D eigenvalue weighted by molar-refractivity contribution is 0.243. The smallest absolute Gasteiger partial charge is 0.221 e. The Bertz CT molecular complexity index is 1500. The Morgan fingerprint density at radius 2 is 1.79 bits per heavy atom. The molecule has 0 aliphatic carbocycles. The SMILES string of the molecule is Cc1cc(-c2cnc(N)nc2Nc2ccccc2S(=O)(=O)C(C)C)c(OC(C)C)cc1C1=C[C@@H](C)N[C@@H](C)C1. The number of benzene rings is 2. The van der Waals surface area contributed by atoms with Gasteiger partial charge in [0.25, 0.3) is 0 Å². The average molecular weight is 550 g/mol. The van der Waals surface area contributed by atoms with Gasteiger partial charge in [-0.2, -0.15) is 4.98 Å². The number of anilines is 3. The molecule has 1 aromatic heterocycles. The molecule has 3 aromatic rings. The Labute approximate surface area is 232 Å². The number of hydrogen-bond acceptors (Lipinski definition) is 8. The quantitative estimate of drug-likeness (QED) is 0.318. The molecule has 0 unspecified atom stereocenters. The fourth-order valence-corrected chi connectivity index (χ4v) is 6.14. The van der Waals surface area contributed by atoms with E-state index in [-0.39, 0.29) is 23.0 Å². The van der Waals surface area contributed by atoms with Gasteiger partial charge in [-0.1, -0.05) is 18.2 Å². The molecule has 9 heteroatoms. The minimum absolute atomic E-state index is 0.0674. The zero-order valence-electron chi connectivity index (χ0n) is 23.7. The van der Waals surface area contributed by atoms with Crippen molar-refractivity contribution in [3.8, 4) is 16.9 Å². The van der Waals surface area contributed by atoms with Crippen molar-refractivity contribution in [2.45, 2.75) is 83.2 Å². The Morgan fingerprint density at radius 3 is 2.46 bits per heavy atom. The van der Waals surface area contributed by atoms with Gasteiger partial charge in [0.05, 0.1) is 21.9 Å². The van der Waals surface area contributed by atoms with E-state index in [2.05, 4.69) is 59.6 Å². The molecule has 0 saturated heterocycles. The van der Waals surface area contributed by atoms with Gasteiger partial charge in [-0.3, -0.25) is 0 Å². The summed E-state index contributed by atoms with van der Waals surface area (Å²) < 4.78 is 32.5. The highest BCUT2D eigenvalue weighted by molar-refractivity contribution is 7.92. The summed E-state index contributed by atoms with van der Waals surface area (Å²) in [7, 11) is -3.55. The molecule has 1 aliphatic heterocycles. The van der Waals surface area contributed by atoms with Crippen LogP contribution in [0.15, 0.2) is 53.6 Å². The Morgan fingerprint density at radius 1 is 1.08 bits per heavy atom. The lowest BCUT2D eigenvalue weighted by atomic mass is 9.89. The molecule has 4 rings (SSSR count). The van der Waals surface area contributed by atoms with Crippen molar-refractivity contribution in [3.05, 3.63) is 59.8 Å². The van der Waals surface area contributed by atoms with E-state index in [0.717, 1.165) is 23.1 Å². The van der Waals surface area contributed by atoms with Crippen molar-refractivity contribution in [2.75, 3.05) is 11.1 Å². The van der Waals surface area contributed by atoms with Gasteiger partial charge in [-0.25, -0.2) is 13.4 Å². The van der Waals surface area contributed by atoms with Gasteiger partial charge in [0, 0.05) is 29.4 Å². The molecule has 0 saturated carbocycles. The fraction of sp³-hybridized carbons (Fsp3) is 0.400. The second-order valence-corrected chi connectivity index (χ2v) is 13.3. The molecule has 39 heavy (non-hydrogen) atoms. The number of ether oxygens (including phenoxy) is 1. The number of nitrogens with two attached hydrogens (primary N) is 1. The number of sulfone groups is 1. The summed E-state index contributed by atoms with van der Waals surface area (Å²) in [6, 6.07) is 11.7. The standard InChI is InChI=1S/C30H39N5O3S/c1-17(2)38-27-15-23(22-13-20(6)33-21(7)14-22)19(5)12-24(27)25-16-32-30(31)35-29(25)34-26-10-8-9-11-28(26)39(36,37)18(3)4/h8-13,15-18,20-21,33H,14H2,1-7H3,(H3,31,32,34,35)/t20-,21+/m1/s1. The number of rotatable bonds is 8. The predicted octanol–water partition coefficient (Wildman–Crippen LogP) is 5.90. The van der Waals surface area contributed by atoms with Crippen LogP contribution in [0.25, 0.3) is 16.7 Å². The zero-order valence-corrected chi connectivity index (χ0v) is 24.6. The third kappa shape index (κ3) is 6.25. The van der Waals surface area contributed by atoms with Crippen LogP contribution in [-0.4, -0.2) is 41.8 Å². The number of nitrogens with zero attached hydrogens (tertiary/aromatic N) is 2. The molecule has 0 bridgehead atoms. The van der Waals surface area contributed by atoms with Crippen molar-refractivity contribution in [2.24, 2.45) is 0 Å². The molecule has 1 aliphatic rings. The minimum Gasteiger partial charge on any atom is -0.490 e. The maximum absolute atomic E-state index is 13.1. The Balaban J connectivity index is 1.87. The van der Waals surface area contributed by atoms with Crippen LogP contribution in [0.5, 0.6) is 5.75 Å². The van der Waals surface area contributed by atoms with E-state index in [0.29, 0.717) is 28.9 Å². The molecule has 0 amide bonds. The maximum atomic E-state index is 13.1. The molecule has 8 nitrogen and oxygen atoms in total. The second-order valence-electron chi connectivity index (χ2n) is 10.8. The van der Waals surface area contributed by atoms with Gasteiger partial charge in [0.1, 0.15) is 11.6 Å². The number of nitrogen functional groups attached to an aromatic ring is 1. The van der Waals surface area contributed by atoms with Crippen LogP contribution in [0.2, 0.25) is 0 Å². The normalized spacial score (nSPS) is 17.8. The third-order valence-electron chi connectivity index (χ3n) is 6.72. The molecule has 2 heterocycles. The number of para-hydroxylation sites is 1. The monoisotopic (exact) mass is 549 g/mol. The van der Waals surface area contributed by atoms with Crippen molar-refractivity contribution in [3.63, 3.8) is 0 Å². The van der Waals surface area contributed by atoms with E-state index >= 15 is 0 Å². The van der Waals surface area contributed by atoms with Gasteiger partial charge in [-0.15, -0.1) is 0 Å². The summed E-state index contributed by atoms with van der Waals surface area (Å²) in [5.74, 6) is 1.18. The van der Waals surface area contributed by atoms with Crippen molar-refractivity contribution < 1.29 is 13.2 Å². The Kier molecular flexibility index (Phi) is 8.32. The van der Waals surface area contributed by atoms with Crippen LogP contribution < -0.4 is 21.1 Å². The van der Waals surface area contributed by atoms with Gasteiger partial charge in [0.2, 0.25) is 5.95 Å². The molecular formula is C30H39N5O3S. The molecule has 0 spiro atoms. The third-order valence-corrected chi connectivity index (χ3v) is 8.93. The van der Waals surface area contributed by atoms with Crippen LogP contribution >= 0.6 is 0 Å². The lowest BCUT2D eigenvalue weighted by Crippen LogP contribution is -2.36. The summed E-state index contributed by atoms with van der Waals surface area (Å²) in [6.45, 7) is 13.8. The van der Waals surface area contributed by atoms with Gasteiger partial charge < -0.3 is 21.1 Å². The van der Waals surface area contributed by atoms with Crippen molar-refractivity contribution in [1.82, 2.24) is 15.3 Å². The van der Waals surface area contributed by atoms with Gasteiger partial charge >= 0.3 is 0 Å². The second kappa shape index (κ2) is 11.4. The molecule has 0 fully saturated rings. The topological polar surface area (TPSA) is 119 Å². The number of hydrogen-bond donors (Lipinski definition) is 3. The highest BCUT2D eigenvalue weighted by Crippen LogP contribution is 2.41. The van der Waals surface area contributed by atoms with Crippen LogP contribution in [0.1, 0.15) is 59.1 Å². The first-order valence-electron chi connectivity index (χ1n) is 13.4. The average Bonchev–Trinajstić information content (AvgIpc) is 2.84. The van der Waals surface area contributed by atoms with Gasteiger partial charge in [0.15, 0.2) is 9.84 Å². The van der Waals surface area contributed by atoms with E-state index in [9.17, 15) is 8.42 Å².